The Bertz CT molecular complexity index is 446. The first-order valence-electron chi connectivity index (χ1n) is 6.59. The largest absolute Gasteiger partial charge is 0.399 e. The summed E-state index contributed by atoms with van der Waals surface area (Å²) < 4.78 is 0. The zero-order chi connectivity index (χ0) is 13.2. The Morgan fingerprint density at radius 1 is 1.42 bits per heavy atom. The number of benzene rings is 1. The van der Waals surface area contributed by atoms with Gasteiger partial charge in [-0.15, -0.1) is 12.4 Å². The number of hydrogen-bond donors (Lipinski definition) is 2. The number of carbonyl (C=O) groups excluding carboxylic acids is 1. The molecule has 1 fully saturated rings. The highest BCUT2D eigenvalue weighted by atomic mass is 35.5. The van der Waals surface area contributed by atoms with E-state index in [2.05, 4.69) is 19.2 Å². The summed E-state index contributed by atoms with van der Waals surface area (Å²) in [4.78, 5) is 11.7. The second-order valence-electron chi connectivity index (χ2n) is 5.89. The second-order valence-corrected chi connectivity index (χ2v) is 5.89. The highest BCUT2D eigenvalue weighted by Gasteiger charge is 2.45. The maximum atomic E-state index is 11.7. The fourth-order valence-electron chi connectivity index (χ4n) is 2.26. The van der Waals surface area contributed by atoms with Crippen molar-refractivity contribution >= 4 is 24.0 Å². The fourth-order valence-corrected chi connectivity index (χ4v) is 2.26. The summed E-state index contributed by atoms with van der Waals surface area (Å²) in [6.07, 6.45) is 2.45. The van der Waals surface area contributed by atoms with Crippen LogP contribution in [-0.4, -0.2) is 12.5 Å². The van der Waals surface area contributed by atoms with Crippen molar-refractivity contribution in [3.05, 3.63) is 29.8 Å². The number of para-hydroxylation sites is 1. The van der Waals surface area contributed by atoms with E-state index in [9.17, 15) is 4.79 Å². The van der Waals surface area contributed by atoms with Crippen LogP contribution in [0.15, 0.2) is 24.3 Å². The molecular formula is C15H23ClN2O. The van der Waals surface area contributed by atoms with Crippen LogP contribution in [0.25, 0.3) is 0 Å². The molecule has 1 unspecified atom stereocenters. The van der Waals surface area contributed by atoms with Crippen molar-refractivity contribution in [1.29, 1.82) is 0 Å². The molecule has 1 aromatic carbocycles. The fraction of sp³-hybridized carbons (Fsp3) is 0.533. The molecule has 1 aliphatic carbocycles. The maximum absolute atomic E-state index is 11.7. The average molecular weight is 283 g/mol. The summed E-state index contributed by atoms with van der Waals surface area (Å²) in [6, 6.07) is 7.72. The van der Waals surface area contributed by atoms with Gasteiger partial charge in [-0.2, -0.15) is 0 Å². The predicted molar refractivity (Wildman–Crippen MR) is 81.3 cm³/mol. The Hall–Kier alpha value is -1.22. The molecule has 1 atom stereocenters. The summed E-state index contributed by atoms with van der Waals surface area (Å²) in [5.41, 5.74) is 8.10. The molecule has 106 valence electrons. The number of hydrogen-bond acceptors (Lipinski definition) is 2. The molecule has 0 aromatic heterocycles. The predicted octanol–water partition coefficient (Wildman–Crippen LogP) is 2.79. The first kappa shape index (κ1) is 15.8. The molecule has 0 bridgehead atoms. The van der Waals surface area contributed by atoms with Crippen LogP contribution in [0.3, 0.4) is 0 Å². The van der Waals surface area contributed by atoms with E-state index >= 15 is 0 Å². The Morgan fingerprint density at radius 2 is 2.05 bits per heavy atom. The molecule has 3 nitrogen and oxygen atoms in total. The third-order valence-corrected chi connectivity index (χ3v) is 3.94. The molecule has 0 heterocycles. The monoisotopic (exact) mass is 282 g/mol. The number of rotatable bonds is 5. The molecule has 3 N–H and O–H groups in total. The Morgan fingerprint density at radius 3 is 2.63 bits per heavy atom. The van der Waals surface area contributed by atoms with E-state index in [0.717, 1.165) is 17.8 Å². The third kappa shape index (κ3) is 4.43. The Labute approximate surface area is 121 Å². The van der Waals surface area contributed by atoms with Crippen LogP contribution in [0.4, 0.5) is 5.69 Å². The third-order valence-electron chi connectivity index (χ3n) is 3.94. The number of carbonyl (C=O) groups is 1. The number of anilines is 1. The van der Waals surface area contributed by atoms with Crippen molar-refractivity contribution in [3.8, 4) is 0 Å². The normalized spacial score (nSPS) is 19.4. The van der Waals surface area contributed by atoms with Gasteiger partial charge in [-0.05, 0) is 35.8 Å². The van der Waals surface area contributed by atoms with Crippen LogP contribution in [0.1, 0.15) is 32.3 Å². The summed E-state index contributed by atoms with van der Waals surface area (Å²) in [6.45, 7) is 5.30. The van der Waals surface area contributed by atoms with Crippen LogP contribution in [0, 0.1) is 11.3 Å². The lowest BCUT2D eigenvalue weighted by Crippen LogP contribution is -2.26. The maximum Gasteiger partial charge on any atom is 0.220 e. The van der Waals surface area contributed by atoms with Gasteiger partial charge in [0.2, 0.25) is 5.91 Å². The van der Waals surface area contributed by atoms with Crippen molar-refractivity contribution in [2.45, 2.75) is 33.1 Å². The van der Waals surface area contributed by atoms with Gasteiger partial charge in [0.05, 0.1) is 0 Å². The summed E-state index contributed by atoms with van der Waals surface area (Å²) in [5, 5.41) is 3.01. The topological polar surface area (TPSA) is 55.1 Å². The highest BCUT2D eigenvalue weighted by molar-refractivity contribution is 5.85. The minimum absolute atomic E-state index is 0. The van der Waals surface area contributed by atoms with Gasteiger partial charge < -0.3 is 11.1 Å². The highest BCUT2D eigenvalue weighted by Crippen LogP contribution is 2.50. The lowest BCUT2D eigenvalue weighted by atomic mass is 10.1. The molecule has 0 aliphatic heterocycles. The van der Waals surface area contributed by atoms with E-state index < -0.39 is 0 Å². The molecule has 1 saturated carbocycles. The van der Waals surface area contributed by atoms with Gasteiger partial charge in [0.25, 0.3) is 0 Å². The lowest BCUT2D eigenvalue weighted by Gasteiger charge is -2.07. The van der Waals surface area contributed by atoms with E-state index in [1.54, 1.807) is 0 Å². The van der Waals surface area contributed by atoms with Crippen LogP contribution in [0.5, 0.6) is 0 Å². The van der Waals surface area contributed by atoms with E-state index in [1.807, 2.05) is 24.3 Å². The standard InChI is InChI=1S/C15H22N2O.ClH/c1-15(2)9-12(15)10-17-14(18)8-7-11-5-3-4-6-13(11)16;/h3-6,12H,7-10,16H2,1-2H3,(H,17,18);1H. The van der Waals surface area contributed by atoms with Gasteiger partial charge in [0.15, 0.2) is 0 Å². The summed E-state index contributed by atoms with van der Waals surface area (Å²) >= 11 is 0. The van der Waals surface area contributed by atoms with E-state index in [1.165, 1.54) is 6.42 Å². The summed E-state index contributed by atoms with van der Waals surface area (Å²) in [7, 11) is 0. The van der Waals surface area contributed by atoms with Crippen molar-refractivity contribution in [2.75, 3.05) is 12.3 Å². The summed E-state index contributed by atoms with van der Waals surface area (Å²) in [5.74, 6) is 0.782. The SMILES string of the molecule is CC1(C)CC1CNC(=O)CCc1ccccc1N.Cl. The molecule has 1 aliphatic rings. The Balaban J connectivity index is 0.00000180. The van der Waals surface area contributed by atoms with E-state index in [4.69, 9.17) is 5.73 Å². The minimum Gasteiger partial charge on any atom is -0.399 e. The van der Waals surface area contributed by atoms with E-state index in [-0.39, 0.29) is 18.3 Å². The van der Waals surface area contributed by atoms with Crippen LogP contribution in [0.2, 0.25) is 0 Å². The number of nitrogen functional groups attached to an aromatic ring is 1. The van der Waals surface area contributed by atoms with Crippen molar-refractivity contribution < 1.29 is 4.79 Å². The van der Waals surface area contributed by atoms with Gasteiger partial charge in [-0.3, -0.25) is 4.79 Å². The second kappa shape index (κ2) is 6.29. The molecule has 19 heavy (non-hydrogen) atoms. The molecule has 1 aromatic rings. The zero-order valence-electron chi connectivity index (χ0n) is 11.6. The molecule has 0 spiro atoms. The van der Waals surface area contributed by atoms with Crippen molar-refractivity contribution in [2.24, 2.45) is 11.3 Å². The molecule has 0 saturated heterocycles. The molecular weight excluding hydrogens is 260 g/mol. The molecule has 4 heteroatoms. The van der Waals surface area contributed by atoms with Crippen LogP contribution >= 0.6 is 12.4 Å². The van der Waals surface area contributed by atoms with Crippen LogP contribution < -0.4 is 11.1 Å². The number of amides is 1. The first-order valence-corrected chi connectivity index (χ1v) is 6.59. The zero-order valence-corrected chi connectivity index (χ0v) is 12.4. The quantitative estimate of drug-likeness (QED) is 0.816. The molecule has 1 amide bonds. The number of halogens is 1. The van der Waals surface area contributed by atoms with Crippen LogP contribution in [-0.2, 0) is 11.2 Å². The first-order chi connectivity index (χ1) is 8.49. The van der Waals surface area contributed by atoms with Crippen molar-refractivity contribution in [1.82, 2.24) is 5.32 Å². The van der Waals surface area contributed by atoms with Gasteiger partial charge in [0.1, 0.15) is 0 Å². The number of aryl methyl sites for hydroxylation is 1. The number of nitrogens with two attached hydrogens (primary N) is 1. The molecule has 2 rings (SSSR count). The van der Waals surface area contributed by atoms with Gasteiger partial charge in [-0.1, -0.05) is 32.0 Å². The van der Waals surface area contributed by atoms with E-state index in [0.29, 0.717) is 24.2 Å². The lowest BCUT2D eigenvalue weighted by molar-refractivity contribution is -0.121. The van der Waals surface area contributed by atoms with Crippen molar-refractivity contribution in [3.63, 3.8) is 0 Å². The smallest absolute Gasteiger partial charge is 0.220 e. The molecule has 0 radical (unpaired) electrons. The minimum atomic E-state index is 0. The Kier molecular flexibility index (Phi) is 5.24. The van der Waals surface area contributed by atoms with Gasteiger partial charge in [-0.25, -0.2) is 0 Å². The number of nitrogens with one attached hydrogen (secondary N) is 1. The van der Waals surface area contributed by atoms with Gasteiger partial charge >= 0.3 is 0 Å². The average Bonchev–Trinajstić information content (AvgIpc) is 2.93. The van der Waals surface area contributed by atoms with Gasteiger partial charge in [0, 0.05) is 18.7 Å².